The lowest BCUT2D eigenvalue weighted by molar-refractivity contribution is -0.257. The monoisotopic (exact) mass is 355 g/mol. The highest BCUT2D eigenvalue weighted by Gasteiger charge is 2.62. The first kappa shape index (κ1) is 17.4. The Balaban J connectivity index is 2.31. The Labute approximate surface area is 140 Å². The molecule has 0 N–H and O–H groups in total. The van der Waals surface area contributed by atoms with Crippen molar-refractivity contribution >= 4 is 20.1 Å². The van der Waals surface area contributed by atoms with E-state index in [0.717, 1.165) is 24.0 Å². The second-order valence-electron chi connectivity index (χ2n) is 7.49. The molecule has 0 bridgehead atoms. The highest BCUT2D eigenvalue weighted by Crippen LogP contribution is 2.56. The molecule has 1 unspecified atom stereocenters. The SMILES string of the molecule is C[Si](C)(C)OC1(C(F)(F)F)CCc2cc3c(c(N=C=O)c21)CCC3. The number of halogens is 3. The average molecular weight is 355 g/mol. The molecule has 24 heavy (non-hydrogen) atoms. The van der Waals surface area contributed by atoms with E-state index in [1.54, 1.807) is 19.6 Å². The quantitative estimate of drug-likeness (QED) is 0.448. The van der Waals surface area contributed by atoms with E-state index in [4.69, 9.17) is 4.43 Å². The predicted molar refractivity (Wildman–Crippen MR) is 86.7 cm³/mol. The average Bonchev–Trinajstić information content (AvgIpc) is 3.02. The second kappa shape index (κ2) is 5.54. The lowest BCUT2D eigenvalue weighted by atomic mass is 9.90. The zero-order chi connectivity index (χ0) is 17.8. The van der Waals surface area contributed by atoms with E-state index in [1.807, 2.05) is 6.07 Å². The minimum absolute atomic E-state index is 0.0569. The van der Waals surface area contributed by atoms with Gasteiger partial charge < -0.3 is 4.43 Å². The molecule has 3 rings (SSSR count). The van der Waals surface area contributed by atoms with Crippen LogP contribution in [0.25, 0.3) is 0 Å². The van der Waals surface area contributed by atoms with Crippen LogP contribution in [0, 0.1) is 0 Å². The summed E-state index contributed by atoms with van der Waals surface area (Å²) < 4.78 is 48.2. The molecule has 3 nitrogen and oxygen atoms in total. The van der Waals surface area contributed by atoms with Crippen LogP contribution < -0.4 is 0 Å². The predicted octanol–water partition coefficient (Wildman–Crippen LogP) is 4.70. The van der Waals surface area contributed by atoms with Gasteiger partial charge in [-0.3, -0.25) is 0 Å². The van der Waals surface area contributed by atoms with E-state index in [-0.39, 0.29) is 24.1 Å². The Hall–Kier alpha value is -1.43. The van der Waals surface area contributed by atoms with Crippen molar-refractivity contribution in [2.75, 3.05) is 0 Å². The van der Waals surface area contributed by atoms with E-state index >= 15 is 0 Å². The Bertz CT molecular complexity index is 733. The molecule has 0 spiro atoms. The smallest absolute Gasteiger partial charge is 0.400 e. The summed E-state index contributed by atoms with van der Waals surface area (Å²) in [6.45, 7) is 5.23. The van der Waals surface area contributed by atoms with Crippen LogP contribution in [0.4, 0.5) is 18.9 Å². The van der Waals surface area contributed by atoms with E-state index in [0.29, 0.717) is 12.0 Å². The van der Waals surface area contributed by atoms with Gasteiger partial charge in [-0.05, 0) is 68.4 Å². The van der Waals surface area contributed by atoms with E-state index in [2.05, 4.69) is 4.99 Å². The number of carbonyl (C=O) groups excluding carboxylic acids is 1. The first-order valence-electron chi connectivity index (χ1n) is 8.12. The highest BCUT2D eigenvalue weighted by molar-refractivity contribution is 6.69. The minimum Gasteiger partial charge on any atom is -0.400 e. The first-order chi connectivity index (χ1) is 11.1. The summed E-state index contributed by atoms with van der Waals surface area (Å²) in [5.41, 5.74) is 0.227. The summed E-state index contributed by atoms with van der Waals surface area (Å²) in [7, 11) is -2.50. The van der Waals surface area contributed by atoms with Crippen molar-refractivity contribution in [2.45, 2.75) is 63.5 Å². The summed E-state index contributed by atoms with van der Waals surface area (Å²) in [6, 6.07) is 1.86. The number of isocyanates is 1. The largest absolute Gasteiger partial charge is 0.420 e. The van der Waals surface area contributed by atoms with Gasteiger partial charge in [0.1, 0.15) is 0 Å². The number of rotatable bonds is 3. The molecule has 1 atom stereocenters. The zero-order valence-corrected chi connectivity index (χ0v) is 15.0. The Kier molecular flexibility index (Phi) is 4.02. The standard InChI is InChI=1S/C17H20F3NO2Si/c1-24(2,3)23-16(17(18,19)20)8-7-12-9-11-5-4-6-13(11)15(14(12)16)21-10-22/h9H,4-8H2,1-3H3. The molecule has 1 aromatic carbocycles. The Morgan fingerprint density at radius 1 is 1.21 bits per heavy atom. The van der Waals surface area contributed by atoms with Crippen LogP contribution in [0.2, 0.25) is 19.6 Å². The molecule has 0 aromatic heterocycles. The van der Waals surface area contributed by atoms with Crippen LogP contribution in [-0.2, 0) is 34.1 Å². The van der Waals surface area contributed by atoms with Gasteiger partial charge in [-0.25, -0.2) is 4.79 Å². The number of benzene rings is 1. The van der Waals surface area contributed by atoms with Crippen molar-refractivity contribution in [3.05, 3.63) is 28.3 Å². The lowest BCUT2D eigenvalue weighted by Gasteiger charge is -2.39. The third-order valence-corrected chi connectivity index (χ3v) is 5.66. The fourth-order valence-electron chi connectivity index (χ4n) is 4.00. The number of fused-ring (bicyclic) bond motifs is 2. The van der Waals surface area contributed by atoms with E-state index in [1.165, 1.54) is 6.08 Å². The number of nitrogens with zero attached hydrogens (tertiary/aromatic N) is 1. The fraction of sp³-hybridized carbons (Fsp3) is 0.588. The minimum atomic E-state index is -4.56. The molecular weight excluding hydrogens is 335 g/mol. The van der Waals surface area contributed by atoms with Crippen molar-refractivity contribution in [2.24, 2.45) is 4.99 Å². The fourth-order valence-corrected chi connectivity index (χ4v) is 5.37. The summed E-state index contributed by atoms with van der Waals surface area (Å²) in [5, 5.41) is 0. The molecule has 2 aliphatic carbocycles. The molecular formula is C17H20F3NO2Si. The summed E-state index contributed by atoms with van der Waals surface area (Å²) >= 11 is 0. The van der Waals surface area contributed by atoms with Gasteiger partial charge >= 0.3 is 6.18 Å². The van der Waals surface area contributed by atoms with Gasteiger partial charge in [0.15, 0.2) is 13.9 Å². The van der Waals surface area contributed by atoms with Gasteiger partial charge in [0.05, 0.1) is 5.69 Å². The van der Waals surface area contributed by atoms with Crippen molar-refractivity contribution in [3.63, 3.8) is 0 Å². The number of hydrogen-bond acceptors (Lipinski definition) is 3. The van der Waals surface area contributed by atoms with Crippen molar-refractivity contribution < 1.29 is 22.4 Å². The molecule has 7 heteroatoms. The van der Waals surface area contributed by atoms with Crippen LogP contribution in [0.3, 0.4) is 0 Å². The molecule has 1 aromatic rings. The summed E-state index contributed by atoms with van der Waals surface area (Å²) in [5.74, 6) is 0. The molecule has 0 amide bonds. The second-order valence-corrected chi connectivity index (χ2v) is 11.9. The molecule has 0 radical (unpaired) electrons. The highest BCUT2D eigenvalue weighted by atomic mass is 28.4. The zero-order valence-electron chi connectivity index (χ0n) is 14.0. The maximum absolute atomic E-state index is 14.2. The molecule has 0 aliphatic heterocycles. The Morgan fingerprint density at radius 2 is 1.92 bits per heavy atom. The molecule has 0 heterocycles. The van der Waals surface area contributed by atoms with Gasteiger partial charge in [-0.15, -0.1) is 0 Å². The van der Waals surface area contributed by atoms with E-state index in [9.17, 15) is 18.0 Å². The first-order valence-corrected chi connectivity index (χ1v) is 11.5. The molecule has 0 saturated carbocycles. The van der Waals surface area contributed by atoms with Crippen LogP contribution in [0.1, 0.15) is 35.1 Å². The number of aliphatic imine (C=N–C) groups is 1. The summed E-state index contributed by atoms with van der Waals surface area (Å²) in [6.07, 6.45) is -0.636. The van der Waals surface area contributed by atoms with Gasteiger partial charge in [0, 0.05) is 5.56 Å². The molecule has 130 valence electrons. The third kappa shape index (κ3) is 2.64. The maximum Gasteiger partial charge on any atom is 0.420 e. The lowest BCUT2D eigenvalue weighted by Crippen LogP contribution is -2.49. The van der Waals surface area contributed by atoms with Crippen LogP contribution >= 0.6 is 0 Å². The molecule has 0 fully saturated rings. The Morgan fingerprint density at radius 3 is 2.50 bits per heavy atom. The number of aryl methyl sites for hydroxylation is 2. The van der Waals surface area contributed by atoms with Gasteiger partial charge in [-0.1, -0.05) is 6.07 Å². The van der Waals surface area contributed by atoms with Crippen molar-refractivity contribution in [1.29, 1.82) is 0 Å². The van der Waals surface area contributed by atoms with Crippen molar-refractivity contribution in [1.82, 2.24) is 0 Å². The van der Waals surface area contributed by atoms with E-state index < -0.39 is 20.1 Å². The normalized spacial score (nSPS) is 22.9. The number of hydrogen-bond donors (Lipinski definition) is 0. The van der Waals surface area contributed by atoms with Gasteiger partial charge in [0.25, 0.3) is 0 Å². The van der Waals surface area contributed by atoms with Crippen LogP contribution in [0.15, 0.2) is 11.1 Å². The third-order valence-electron chi connectivity index (χ3n) is 4.70. The van der Waals surface area contributed by atoms with Gasteiger partial charge in [0.2, 0.25) is 6.08 Å². The summed E-state index contributed by atoms with van der Waals surface area (Å²) in [4.78, 5) is 14.6. The molecule has 2 aliphatic rings. The van der Waals surface area contributed by atoms with Crippen LogP contribution in [-0.4, -0.2) is 20.6 Å². The van der Waals surface area contributed by atoms with Gasteiger partial charge in [-0.2, -0.15) is 18.2 Å². The topological polar surface area (TPSA) is 38.7 Å². The molecule has 0 saturated heterocycles. The van der Waals surface area contributed by atoms with Crippen molar-refractivity contribution in [3.8, 4) is 0 Å². The van der Waals surface area contributed by atoms with Crippen LogP contribution in [0.5, 0.6) is 0 Å². The number of alkyl halides is 3. The maximum atomic E-state index is 14.2.